The molecular weight excluding hydrogens is 603 g/mol. The molecule has 2 aromatic carbocycles. The van der Waals surface area contributed by atoms with Gasteiger partial charge in [-0.2, -0.15) is 0 Å². The number of fused-ring (bicyclic) bond motifs is 4. The predicted octanol–water partition coefficient (Wildman–Crippen LogP) is -0.994. The molecule has 4 aliphatic rings. The van der Waals surface area contributed by atoms with Gasteiger partial charge in [0.25, 0.3) is 0 Å². The van der Waals surface area contributed by atoms with Crippen molar-refractivity contribution in [3.05, 3.63) is 83.5 Å². The molecular formula is C32H36Cl2N6S2. The van der Waals surface area contributed by atoms with Crippen molar-refractivity contribution >= 4 is 54.5 Å². The van der Waals surface area contributed by atoms with Gasteiger partial charge in [-0.05, 0) is 48.5 Å². The van der Waals surface area contributed by atoms with Gasteiger partial charge in [0.05, 0.1) is 41.6 Å². The van der Waals surface area contributed by atoms with Gasteiger partial charge in [0.15, 0.2) is 0 Å². The lowest BCUT2D eigenvalue weighted by Gasteiger charge is -2.13. The molecule has 0 unspecified atom stereocenters. The Hall–Kier alpha value is -3.30. The highest BCUT2D eigenvalue weighted by Gasteiger charge is 2.11. The molecule has 2 aliphatic heterocycles. The van der Waals surface area contributed by atoms with Crippen LogP contribution in [-0.2, 0) is 0 Å². The van der Waals surface area contributed by atoms with Crippen LogP contribution in [0, 0.1) is 0 Å². The van der Waals surface area contributed by atoms with Gasteiger partial charge < -0.3 is 34.6 Å². The van der Waals surface area contributed by atoms with Crippen LogP contribution in [-0.4, -0.2) is 66.3 Å². The number of benzene rings is 4. The van der Waals surface area contributed by atoms with Crippen LogP contribution in [0.15, 0.2) is 72.8 Å². The van der Waals surface area contributed by atoms with E-state index in [2.05, 4.69) is 148 Å². The van der Waals surface area contributed by atoms with E-state index in [9.17, 15) is 0 Å². The summed E-state index contributed by atoms with van der Waals surface area (Å²) in [5.74, 6) is 0. The van der Waals surface area contributed by atoms with Crippen molar-refractivity contribution in [2.24, 2.45) is 0 Å². The summed E-state index contributed by atoms with van der Waals surface area (Å²) in [7, 11) is 16.5. The Labute approximate surface area is 268 Å². The minimum atomic E-state index is 0. The first kappa shape index (κ1) is 33.2. The number of aromatic nitrogens is 2. The largest absolute Gasteiger partial charge is 1.00 e. The molecule has 0 radical (unpaired) electrons. The standard InChI is InChI=1S/2C16H18N3S.2ClH/c2*1-18(2)11-5-7-13-15(9-11)20-16-10-12(19(3)4)6-8-14(16)17-13;;/h2*5-10H,1-4H3;2*1H/q2*+1;;/p-2. The Balaban J connectivity index is 0.000000220. The number of anilines is 2. The summed E-state index contributed by atoms with van der Waals surface area (Å²) in [5.41, 5.74) is 6.66. The van der Waals surface area contributed by atoms with Gasteiger partial charge in [0.2, 0.25) is 10.7 Å². The molecule has 0 spiro atoms. The highest BCUT2D eigenvalue weighted by molar-refractivity contribution is 7.21. The molecule has 0 saturated heterocycles. The van der Waals surface area contributed by atoms with E-state index >= 15 is 0 Å². The summed E-state index contributed by atoms with van der Waals surface area (Å²) in [6.45, 7) is 0. The van der Waals surface area contributed by atoms with Crippen LogP contribution in [0.25, 0.3) is 41.6 Å². The smallest absolute Gasteiger partial charge is 0.201 e. The maximum Gasteiger partial charge on any atom is 0.201 e. The van der Waals surface area contributed by atoms with Crippen molar-refractivity contribution in [3.63, 3.8) is 0 Å². The third kappa shape index (κ3) is 7.18. The Kier molecular flexibility index (Phi) is 10.9. The number of halogens is 2. The van der Waals surface area contributed by atoms with E-state index in [1.54, 1.807) is 22.7 Å². The molecule has 0 fully saturated rings. The Bertz CT molecular complexity index is 1780. The van der Waals surface area contributed by atoms with Crippen molar-refractivity contribution in [1.82, 2.24) is 19.1 Å². The lowest BCUT2D eigenvalue weighted by atomic mass is 10.2. The summed E-state index contributed by atoms with van der Waals surface area (Å²) in [6.07, 6.45) is 0. The van der Waals surface area contributed by atoms with Crippen molar-refractivity contribution < 1.29 is 24.8 Å². The van der Waals surface area contributed by atoms with Gasteiger partial charge in [-0.3, -0.25) is 0 Å². The van der Waals surface area contributed by atoms with Crippen LogP contribution in [0.5, 0.6) is 0 Å². The molecule has 2 aliphatic carbocycles. The second-order valence-corrected chi connectivity index (χ2v) is 12.8. The summed E-state index contributed by atoms with van der Waals surface area (Å²) < 4.78 is 6.68. The lowest BCUT2D eigenvalue weighted by molar-refractivity contribution is -0.00100. The number of hydrogen-bond donors (Lipinski definition) is 0. The number of hydrogen-bond acceptors (Lipinski definition) is 6. The zero-order valence-electron chi connectivity index (χ0n) is 25.2. The molecule has 42 heavy (non-hydrogen) atoms. The van der Waals surface area contributed by atoms with E-state index < -0.39 is 0 Å². The van der Waals surface area contributed by atoms with Crippen LogP contribution in [0.1, 0.15) is 0 Å². The van der Waals surface area contributed by atoms with Crippen molar-refractivity contribution in [2.75, 3.05) is 66.2 Å². The van der Waals surface area contributed by atoms with Crippen LogP contribution in [0.3, 0.4) is 0 Å². The monoisotopic (exact) mass is 638 g/mol. The van der Waals surface area contributed by atoms with E-state index in [4.69, 9.17) is 9.97 Å². The van der Waals surface area contributed by atoms with E-state index in [-0.39, 0.29) is 24.8 Å². The van der Waals surface area contributed by atoms with E-state index in [0.29, 0.717) is 0 Å². The highest BCUT2D eigenvalue weighted by Crippen LogP contribution is 2.32. The van der Waals surface area contributed by atoms with Gasteiger partial charge >= 0.3 is 0 Å². The molecule has 2 aromatic rings. The second-order valence-electron chi connectivity index (χ2n) is 10.6. The summed E-state index contributed by atoms with van der Waals surface area (Å²) in [4.78, 5) is 16.2. The molecule has 0 atom stereocenters. The van der Waals surface area contributed by atoms with Gasteiger partial charge in [-0.1, -0.05) is 0 Å². The third-order valence-corrected chi connectivity index (χ3v) is 8.95. The molecule has 0 bridgehead atoms. The Morgan fingerprint density at radius 3 is 1.24 bits per heavy atom. The maximum atomic E-state index is 4.75. The van der Waals surface area contributed by atoms with Crippen LogP contribution < -0.4 is 54.5 Å². The zero-order valence-corrected chi connectivity index (χ0v) is 28.3. The molecule has 2 heterocycles. The van der Waals surface area contributed by atoms with Crippen LogP contribution >= 0.6 is 22.7 Å². The molecule has 0 saturated carbocycles. The van der Waals surface area contributed by atoms with Crippen LogP contribution in [0.2, 0.25) is 0 Å². The SMILES string of the molecule is CN(C)c1ccc2nc3ccc(=[N+](C)C)cc-3sc2c1.CN(C)c1ccc2nc3ccc(=[N+](C)C)cc-3sc2c1.[Cl-].[Cl-]. The fourth-order valence-corrected chi connectivity index (χ4v) is 6.38. The van der Waals surface area contributed by atoms with E-state index in [1.165, 1.54) is 41.2 Å². The van der Waals surface area contributed by atoms with Gasteiger partial charge in [-0.25, -0.2) is 19.1 Å². The summed E-state index contributed by atoms with van der Waals surface area (Å²) in [5, 5.41) is 2.41. The first-order chi connectivity index (χ1) is 19.1. The van der Waals surface area contributed by atoms with Gasteiger partial charge in [0, 0.05) is 63.8 Å². The fourth-order valence-electron chi connectivity index (χ4n) is 4.32. The van der Waals surface area contributed by atoms with E-state index in [0.717, 1.165) is 22.4 Å². The Morgan fingerprint density at radius 1 is 0.524 bits per heavy atom. The quantitative estimate of drug-likeness (QED) is 0.180. The number of nitrogens with zero attached hydrogens (tertiary/aromatic N) is 6. The second kappa shape index (κ2) is 13.8. The summed E-state index contributed by atoms with van der Waals surface area (Å²) in [6, 6.07) is 25.7. The van der Waals surface area contributed by atoms with Gasteiger partial charge in [-0.15, -0.1) is 22.7 Å². The first-order valence-electron chi connectivity index (χ1n) is 13.1. The molecule has 0 aromatic heterocycles. The van der Waals surface area contributed by atoms with Gasteiger partial charge in [0.1, 0.15) is 28.2 Å². The normalized spacial score (nSPS) is 10.5. The molecule has 0 amide bonds. The molecule has 220 valence electrons. The molecule has 6 nitrogen and oxygen atoms in total. The average molecular weight is 640 g/mol. The first-order valence-corrected chi connectivity index (χ1v) is 14.8. The minimum Gasteiger partial charge on any atom is -1.00 e. The maximum absolute atomic E-state index is 4.75. The highest BCUT2D eigenvalue weighted by atomic mass is 35.5. The average Bonchev–Trinajstić information content (AvgIpc) is 2.93. The van der Waals surface area contributed by atoms with Crippen molar-refractivity contribution in [3.8, 4) is 21.1 Å². The van der Waals surface area contributed by atoms with E-state index in [1.807, 2.05) is 0 Å². The number of rotatable bonds is 2. The molecule has 10 heteroatoms. The fraction of sp³-hybridized carbons (Fsp3) is 0.250. The third-order valence-electron chi connectivity index (χ3n) is 6.76. The van der Waals surface area contributed by atoms with Crippen molar-refractivity contribution in [1.29, 1.82) is 0 Å². The zero-order chi connectivity index (χ0) is 28.6. The van der Waals surface area contributed by atoms with Crippen LogP contribution in [0.4, 0.5) is 11.4 Å². The molecule has 0 N–H and O–H groups in total. The predicted molar refractivity (Wildman–Crippen MR) is 175 cm³/mol. The molecule has 6 rings (SSSR count). The Morgan fingerprint density at radius 2 is 0.905 bits per heavy atom. The van der Waals surface area contributed by atoms with Crippen molar-refractivity contribution in [2.45, 2.75) is 0 Å². The summed E-state index contributed by atoms with van der Waals surface area (Å²) >= 11 is 3.60. The lowest BCUT2D eigenvalue weighted by Crippen LogP contribution is -3.00. The topological polar surface area (TPSA) is 38.3 Å². The minimum absolute atomic E-state index is 0.